The predicted molar refractivity (Wildman–Crippen MR) is 95.8 cm³/mol. The van der Waals surface area contributed by atoms with Crippen molar-refractivity contribution in [2.24, 2.45) is 16.7 Å². The fourth-order valence-electron chi connectivity index (χ4n) is 2.27. The number of nitrogens with two attached hydrogens (primary N) is 2. The van der Waals surface area contributed by atoms with Gasteiger partial charge in [-0.25, -0.2) is 20.3 Å². The molecule has 1 aromatic carbocycles. The summed E-state index contributed by atoms with van der Waals surface area (Å²) in [6.45, 7) is 1.85. The number of ether oxygens (including phenoxy) is 1. The average Bonchev–Trinajstić information content (AvgIpc) is 2.58. The summed E-state index contributed by atoms with van der Waals surface area (Å²) in [5.74, 6) is 5.11. The summed E-state index contributed by atoms with van der Waals surface area (Å²) in [6, 6.07) is 7.42. The first-order valence-electron chi connectivity index (χ1n) is 7.71. The molecule has 0 unspecified atom stereocenters. The Morgan fingerprint density at radius 2 is 2.08 bits per heavy atom. The Hall–Kier alpha value is -3.20. The van der Waals surface area contributed by atoms with Crippen LogP contribution in [0.3, 0.4) is 0 Å². The van der Waals surface area contributed by atoms with E-state index in [9.17, 15) is 9.18 Å². The van der Waals surface area contributed by atoms with E-state index in [0.717, 1.165) is 5.12 Å². The van der Waals surface area contributed by atoms with E-state index >= 15 is 0 Å². The van der Waals surface area contributed by atoms with Crippen LogP contribution < -0.4 is 21.6 Å². The van der Waals surface area contributed by atoms with E-state index in [1.54, 1.807) is 19.1 Å². The lowest BCUT2D eigenvalue weighted by atomic mass is 10.1. The fourth-order valence-corrected chi connectivity index (χ4v) is 2.27. The van der Waals surface area contributed by atoms with Crippen molar-refractivity contribution in [2.45, 2.75) is 13.5 Å². The Kier molecular flexibility index (Phi) is 6.07. The second-order valence-corrected chi connectivity index (χ2v) is 5.62. The van der Waals surface area contributed by atoms with Gasteiger partial charge in [0.1, 0.15) is 17.3 Å². The number of carbonyl (C=O) groups is 1. The first-order chi connectivity index (χ1) is 12.3. The quantitative estimate of drug-likeness (QED) is 0.305. The normalized spacial score (nSPS) is 11.2. The number of nitrogens with zero attached hydrogens (tertiary/aromatic N) is 3. The van der Waals surface area contributed by atoms with Crippen molar-refractivity contribution in [1.29, 1.82) is 0 Å². The zero-order valence-electron chi connectivity index (χ0n) is 14.8. The van der Waals surface area contributed by atoms with Crippen LogP contribution in [0, 0.1) is 12.7 Å². The third kappa shape index (κ3) is 5.15. The SMILES string of the molecule is COc1cc(F)cc(CNC(=O)c2cc(/C(N)=N/N(C)N)cc(C)n2)c1. The molecule has 5 N–H and O–H groups in total. The van der Waals surface area contributed by atoms with Crippen LogP contribution in [0.5, 0.6) is 5.75 Å². The number of halogens is 1. The van der Waals surface area contributed by atoms with E-state index in [4.69, 9.17) is 16.3 Å². The van der Waals surface area contributed by atoms with E-state index in [1.807, 2.05) is 0 Å². The molecular weight excluding hydrogens is 339 g/mol. The maximum Gasteiger partial charge on any atom is 0.270 e. The van der Waals surface area contributed by atoms with Crippen LogP contribution in [0.4, 0.5) is 4.39 Å². The molecule has 0 saturated carbocycles. The van der Waals surface area contributed by atoms with E-state index < -0.39 is 11.7 Å². The minimum atomic E-state index is -0.445. The largest absolute Gasteiger partial charge is 0.497 e. The van der Waals surface area contributed by atoms with Crippen LogP contribution in [0.15, 0.2) is 35.4 Å². The van der Waals surface area contributed by atoms with Gasteiger partial charge in [-0.2, -0.15) is 0 Å². The third-order valence-electron chi connectivity index (χ3n) is 3.37. The monoisotopic (exact) mass is 360 g/mol. The van der Waals surface area contributed by atoms with Crippen LogP contribution in [0.2, 0.25) is 0 Å². The summed E-state index contributed by atoms with van der Waals surface area (Å²) in [5.41, 5.74) is 7.71. The second-order valence-electron chi connectivity index (χ2n) is 5.62. The second kappa shape index (κ2) is 8.26. The highest BCUT2D eigenvalue weighted by atomic mass is 19.1. The summed E-state index contributed by atoms with van der Waals surface area (Å²) in [6.07, 6.45) is 0. The van der Waals surface area contributed by atoms with Crippen LogP contribution in [-0.4, -0.2) is 36.0 Å². The van der Waals surface area contributed by atoms with Crippen LogP contribution >= 0.6 is 0 Å². The van der Waals surface area contributed by atoms with E-state index in [-0.39, 0.29) is 18.1 Å². The fraction of sp³-hybridized carbons (Fsp3) is 0.235. The van der Waals surface area contributed by atoms with E-state index in [0.29, 0.717) is 22.6 Å². The average molecular weight is 360 g/mol. The van der Waals surface area contributed by atoms with Gasteiger partial charge in [0.15, 0.2) is 5.84 Å². The number of nitrogens with one attached hydrogen (secondary N) is 1. The number of hydrogen-bond donors (Lipinski definition) is 3. The molecule has 1 amide bonds. The molecule has 138 valence electrons. The number of hydrogen-bond acceptors (Lipinski definition) is 6. The summed E-state index contributed by atoms with van der Waals surface area (Å²) in [5, 5.41) is 7.66. The van der Waals surface area contributed by atoms with Crippen LogP contribution in [-0.2, 0) is 6.54 Å². The molecule has 2 rings (SSSR count). The summed E-state index contributed by atoms with van der Waals surface area (Å²) < 4.78 is 18.5. The molecule has 1 heterocycles. The third-order valence-corrected chi connectivity index (χ3v) is 3.37. The minimum Gasteiger partial charge on any atom is -0.497 e. The number of amidine groups is 1. The van der Waals surface area contributed by atoms with Gasteiger partial charge in [-0.05, 0) is 36.8 Å². The van der Waals surface area contributed by atoms with Gasteiger partial charge in [0.25, 0.3) is 5.91 Å². The smallest absolute Gasteiger partial charge is 0.270 e. The summed E-state index contributed by atoms with van der Waals surface area (Å²) in [4.78, 5) is 16.6. The van der Waals surface area contributed by atoms with Crippen molar-refractivity contribution in [3.63, 3.8) is 0 Å². The standard InChI is InChI=1S/C17H21FN6O2/c1-10-4-12(16(19)23-24(2)20)7-15(22-10)17(25)21-9-11-5-13(18)8-14(6-11)26-3/h4-8H,9,20H2,1-3H3,(H2,19,23)(H,21,25). The number of hydrazine groups is 1. The molecule has 0 aliphatic carbocycles. The molecule has 0 fully saturated rings. The molecule has 0 bridgehead atoms. The highest BCUT2D eigenvalue weighted by molar-refractivity contribution is 6.00. The van der Waals surface area contributed by atoms with Gasteiger partial charge >= 0.3 is 0 Å². The Morgan fingerprint density at radius 1 is 1.35 bits per heavy atom. The van der Waals surface area contributed by atoms with Gasteiger partial charge in [0, 0.05) is 30.9 Å². The lowest BCUT2D eigenvalue weighted by molar-refractivity contribution is 0.0945. The maximum atomic E-state index is 13.5. The van der Waals surface area contributed by atoms with Crippen molar-refractivity contribution in [2.75, 3.05) is 14.2 Å². The molecule has 0 radical (unpaired) electrons. The van der Waals surface area contributed by atoms with Crippen LogP contribution in [0.1, 0.15) is 27.3 Å². The van der Waals surface area contributed by atoms with Crippen molar-refractivity contribution in [3.05, 3.63) is 58.7 Å². The number of aromatic nitrogens is 1. The summed E-state index contributed by atoms with van der Waals surface area (Å²) in [7, 11) is 2.97. The molecule has 0 aliphatic heterocycles. The number of carbonyl (C=O) groups excluding carboxylic acids is 1. The summed E-state index contributed by atoms with van der Waals surface area (Å²) >= 11 is 0. The molecule has 0 spiro atoms. The Labute approximate surface area is 150 Å². The highest BCUT2D eigenvalue weighted by Gasteiger charge is 2.12. The number of aryl methyl sites for hydroxylation is 1. The topological polar surface area (TPSA) is 119 Å². The first kappa shape index (κ1) is 19.1. The van der Waals surface area contributed by atoms with E-state index in [1.165, 1.54) is 32.4 Å². The molecule has 9 heteroatoms. The van der Waals surface area contributed by atoms with Crippen molar-refractivity contribution < 1.29 is 13.9 Å². The minimum absolute atomic E-state index is 0.118. The van der Waals surface area contributed by atoms with Crippen molar-refractivity contribution in [1.82, 2.24) is 15.4 Å². The number of benzene rings is 1. The van der Waals surface area contributed by atoms with Gasteiger partial charge in [-0.15, -0.1) is 5.10 Å². The molecule has 26 heavy (non-hydrogen) atoms. The Balaban J connectivity index is 2.17. The van der Waals surface area contributed by atoms with Crippen molar-refractivity contribution >= 4 is 11.7 Å². The number of rotatable bonds is 6. The predicted octanol–water partition coefficient (Wildman–Crippen LogP) is 0.894. The number of hydrazone groups is 1. The molecule has 0 atom stereocenters. The molecule has 1 aromatic heterocycles. The van der Waals surface area contributed by atoms with E-state index in [2.05, 4.69) is 15.4 Å². The first-order valence-corrected chi connectivity index (χ1v) is 7.71. The van der Waals surface area contributed by atoms with Crippen molar-refractivity contribution in [3.8, 4) is 5.75 Å². The van der Waals surface area contributed by atoms with Gasteiger partial charge in [0.2, 0.25) is 0 Å². The zero-order valence-corrected chi connectivity index (χ0v) is 14.8. The van der Waals surface area contributed by atoms with Gasteiger partial charge in [0.05, 0.1) is 7.11 Å². The van der Waals surface area contributed by atoms with Gasteiger partial charge < -0.3 is 15.8 Å². The molecule has 8 nitrogen and oxygen atoms in total. The lowest BCUT2D eigenvalue weighted by Gasteiger charge is -2.10. The van der Waals surface area contributed by atoms with Crippen LogP contribution in [0.25, 0.3) is 0 Å². The molecule has 0 aliphatic rings. The Morgan fingerprint density at radius 3 is 2.73 bits per heavy atom. The number of methoxy groups -OCH3 is 1. The molecule has 0 saturated heterocycles. The Bertz CT molecular complexity index is 838. The van der Waals surface area contributed by atoms with Gasteiger partial charge in [-0.3, -0.25) is 4.79 Å². The zero-order chi connectivity index (χ0) is 19.3. The molecular formula is C17H21FN6O2. The number of amides is 1. The number of pyridine rings is 1. The lowest BCUT2D eigenvalue weighted by Crippen LogP contribution is -2.27. The molecule has 2 aromatic rings. The van der Waals surface area contributed by atoms with Gasteiger partial charge in [-0.1, -0.05) is 0 Å². The highest BCUT2D eigenvalue weighted by Crippen LogP contribution is 2.16. The maximum absolute atomic E-state index is 13.5.